The number of carbonyl (C=O) groups excluding carboxylic acids is 1. The maximum Gasteiger partial charge on any atom is 0.290 e. The van der Waals surface area contributed by atoms with Crippen LogP contribution in [0, 0.1) is 0 Å². The third-order valence-electron chi connectivity index (χ3n) is 4.38. The minimum absolute atomic E-state index is 0.0399. The molecule has 4 rings (SSSR count). The van der Waals surface area contributed by atoms with Crippen LogP contribution in [0.15, 0.2) is 64.4 Å². The number of ether oxygens (including phenoxy) is 1. The highest BCUT2D eigenvalue weighted by molar-refractivity contribution is 7.10. The lowest BCUT2D eigenvalue weighted by atomic mass is 10.2. The molecule has 3 aromatic rings. The van der Waals surface area contributed by atoms with Crippen molar-refractivity contribution in [2.45, 2.75) is 25.5 Å². The number of amides is 1. The molecule has 2 aromatic heterocycles. The van der Waals surface area contributed by atoms with Gasteiger partial charge in [-0.3, -0.25) is 4.79 Å². The number of thiophene rings is 1. The average Bonchev–Trinajstić information content (AvgIpc) is 3.41. The summed E-state index contributed by atoms with van der Waals surface area (Å²) in [7, 11) is 0. The molecular formula is C20H19NO3S. The summed E-state index contributed by atoms with van der Waals surface area (Å²) in [6, 6.07) is 17.4. The summed E-state index contributed by atoms with van der Waals surface area (Å²) in [6.45, 7) is 1.09. The molecule has 1 unspecified atom stereocenters. The Morgan fingerprint density at radius 3 is 2.84 bits per heavy atom. The van der Waals surface area contributed by atoms with Gasteiger partial charge in [-0.1, -0.05) is 24.3 Å². The highest BCUT2D eigenvalue weighted by Crippen LogP contribution is 2.35. The lowest BCUT2D eigenvalue weighted by Gasteiger charge is -2.22. The largest absolute Gasteiger partial charge is 0.486 e. The van der Waals surface area contributed by atoms with Gasteiger partial charge in [0, 0.05) is 11.4 Å². The molecule has 128 valence electrons. The summed E-state index contributed by atoms with van der Waals surface area (Å²) < 4.78 is 11.4. The topological polar surface area (TPSA) is 42.7 Å². The van der Waals surface area contributed by atoms with Crippen LogP contribution in [-0.2, 0) is 6.61 Å². The van der Waals surface area contributed by atoms with E-state index >= 15 is 0 Å². The first kappa shape index (κ1) is 16.0. The van der Waals surface area contributed by atoms with Crippen LogP contribution < -0.4 is 4.74 Å². The zero-order chi connectivity index (χ0) is 17.1. The fourth-order valence-electron chi connectivity index (χ4n) is 3.17. The van der Waals surface area contributed by atoms with E-state index in [2.05, 4.69) is 11.4 Å². The van der Waals surface area contributed by atoms with Gasteiger partial charge in [0.15, 0.2) is 5.76 Å². The summed E-state index contributed by atoms with van der Waals surface area (Å²) in [5.41, 5.74) is 0. The normalized spacial score (nSPS) is 17.0. The Kier molecular flexibility index (Phi) is 4.57. The number of nitrogens with zero attached hydrogens (tertiary/aromatic N) is 1. The van der Waals surface area contributed by atoms with E-state index in [9.17, 15) is 4.79 Å². The minimum atomic E-state index is -0.0399. The van der Waals surface area contributed by atoms with Crippen molar-refractivity contribution in [1.82, 2.24) is 4.90 Å². The van der Waals surface area contributed by atoms with Crippen molar-refractivity contribution < 1.29 is 13.9 Å². The molecule has 4 nitrogen and oxygen atoms in total. The zero-order valence-electron chi connectivity index (χ0n) is 13.8. The highest BCUT2D eigenvalue weighted by Gasteiger charge is 2.32. The summed E-state index contributed by atoms with van der Waals surface area (Å²) in [6.07, 6.45) is 2.04. The van der Waals surface area contributed by atoms with E-state index in [1.54, 1.807) is 17.4 Å². The van der Waals surface area contributed by atoms with E-state index in [1.165, 1.54) is 4.88 Å². The zero-order valence-corrected chi connectivity index (χ0v) is 14.6. The number of carbonyl (C=O) groups is 1. The Labute approximate surface area is 150 Å². The van der Waals surface area contributed by atoms with Crippen molar-refractivity contribution in [3.8, 4) is 5.75 Å². The fourth-order valence-corrected chi connectivity index (χ4v) is 4.04. The van der Waals surface area contributed by atoms with Gasteiger partial charge >= 0.3 is 0 Å². The molecule has 1 fully saturated rings. The molecule has 5 heteroatoms. The predicted molar refractivity (Wildman–Crippen MR) is 96.8 cm³/mol. The van der Waals surface area contributed by atoms with Crippen molar-refractivity contribution in [2.24, 2.45) is 0 Å². The molecule has 1 atom stereocenters. The monoisotopic (exact) mass is 353 g/mol. The van der Waals surface area contributed by atoms with Crippen LogP contribution in [0.25, 0.3) is 0 Å². The molecular weight excluding hydrogens is 334 g/mol. The van der Waals surface area contributed by atoms with Crippen LogP contribution in [0.4, 0.5) is 0 Å². The molecule has 25 heavy (non-hydrogen) atoms. The SMILES string of the molecule is O=C(c1ccc(COc2ccccc2)o1)N1CCCC1c1cccs1. The van der Waals surface area contributed by atoms with E-state index in [0.29, 0.717) is 18.1 Å². The smallest absolute Gasteiger partial charge is 0.290 e. The molecule has 1 amide bonds. The van der Waals surface area contributed by atoms with Gasteiger partial charge in [0.1, 0.15) is 18.1 Å². The van der Waals surface area contributed by atoms with Crippen molar-refractivity contribution >= 4 is 17.2 Å². The standard InChI is InChI=1S/C20H19NO3S/c22-20(21-12-4-8-17(21)19-9-5-13-25-19)18-11-10-16(24-18)14-23-15-6-2-1-3-7-15/h1-3,5-7,9-11,13,17H,4,8,12,14H2. The molecule has 0 aliphatic carbocycles. The first-order chi connectivity index (χ1) is 12.3. The van der Waals surface area contributed by atoms with Crippen LogP contribution >= 0.6 is 11.3 Å². The molecule has 0 spiro atoms. The Hall–Kier alpha value is -2.53. The van der Waals surface area contributed by atoms with E-state index in [4.69, 9.17) is 9.15 Å². The van der Waals surface area contributed by atoms with Crippen LogP contribution in [0.2, 0.25) is 0 Å². The van der Waals surface area contributed by atoms with E-state index in [-0.39, 0.29) is 11.9 Å². The summed E-state index contributed by atoms with van der Waals surface area (Å²) >= 11 is 1.70. The maximum absolute atomic E-state index is 12.8. The van der Waals surface area contributed by atoms with E-state index in [1.807, 2.05) is 47.4 Å². The van der Waals surface area contributed by atoms with Gasteiger partial charge in [0.2, 0.25) is 0 Å². The van der Waals surface area contributed by atoms with Gasteiger partial charge < -0.3 is 14.1 Å². The molecule has 1 saturated heterocycles. The maximum atomic E-state index is 12.8. The van der Waals surface area contributed by atoms with Gasteiger partial charge in [-0.2, -0.15) is 0 Å². The highest BCUT2D eigenvalue weighted by atomic mass is 32.1. The number of likely N-dealkylation sites (tertiary alicyclic amines) is 1. The Bertz CT molecular complexity index is 826. The van der Waals surface area contributed by atoms with E-state index in [0.717, 1.165) is 25.1 Å². The number of para-hydroxylation sites is 1. The summed E-state index contributed by atoms with van der Waals surface area (Å²) in [5.74, 6) is 1.78. The molecule has 0 saturated carbocycles. The van der Waals surface area contributed by atoms with Gasteiger partial charge in [-0.25, -0.2) is 0 Å². The Balaban J connectivity index is 1.43. The second kappa shape index (κ2) is 7.15. The summed E-state index contributed by atoms with van der Waals surface area (Å²) in [4.78, 5) is 16.0. The van der Waals surface area contributed by atoms with Crippen LogP contribution in [0.3, 0.4) is 0 Å². The number of hydrogen-bond donors (Lipinski definition) is 0. The van der Waals surface area contributed by atoms with Gasteiger partial charge in [-0.05, 0) is 48.6 Å². The lowest BCUT2D eigenvalue weighted by molar-refractivity contribution is 0.0701. The minimum Gasteiger partial charge on any atom is -0.486 e. The Morgan fingerprint density at radius 2 is 2.04 bits per heavy atom. The van der Waals surface area contributed by atoms with Gasteiger partial charge in [0.05, 0.1) is 6.04 Å². The number of hydrogen-bond acceptors (Lipinski definition) is 4. The number of furan rings is 1. The van der Waals surface area contributed by atoms with Crippen LogP contribution in [-0.4, -0.2) is 17.4 Å². The van der Waals surface area contributed by atoms with Gasteiger partial charge in [-0.15, -0.1) is 11.3 Å². The van der Waals surface area contributed by atoms with Gasteiger partial charge in [0.25, 0.3) is 5.91 Å². The average molecular weight is 353 g/mol. The number of rotatable bonds is 5. The predicted octanol–water partition coefficient (Wildman–Crippen LogP) is 4.90. The van der Waals surface area contributed by atoms with Crippen molar-refractivity contribution in [1.29, 1.82) is 0 Å². The van der Waals surface area contributed by atoms with Crippen molar-refractivity contribution in [3.63, 3.8) is 0 Å². The Morgan fingerprint density at radius 1 is 1.16 bits per heavy atom. The quantitative estimate of drug-likeness (QED) is 0.655. The summed E-state index contributed by atoms with van der Waals surface area (Å²) in [5, 5.41) is 2.06. The molecule has 0 radical (unpaired) electrons. The molecule has 0 bridgehead atoms. The molecule has 1 aliphatic heterocycles. The van der Waals surface area contributed by atoms with Crippen LogP contribution in [0.5, 0.6) is 5.75 Å². The second-order valence-electron chi connectivity index (χ2n) is 6.04. The number of benzene rings is 1. The first-order valence-electron chi connectivity index (χ1n) is 8.42. The second-order valence-corrected chi connectivity index (χ2v) is 7.02. The van der Waals surface area contributed by atoms with Crippen LogP contribution in [0.1, 0.15) is 40.1 Å². The molecule has 1 aromatic carbocycles. The lowest BCUT2D eigenvalue weighted by Crippen LogP contribution is -2.29. The molecule has 1 aliphatic rings. The third-order valence-corrected chi connectivity index (χ3v) is 5.36. The van der Waals surface area contributed by atoms with Crippen molar-refractivity contribution in [2.75, 3.05) is 6.54 Å². The molecule has 3 heterocycles. The van der Waals surface area contributed by atoms with Crippen molar-refractivity contribution in [3.05, 3.63) is 76.4 Å². The molecule has 0 N–H and O–H groups in total. The first-order valence-corrected chi connectivity index (χ1v) is 9.30. The van der Waals surface area contributed by atoms with E-state index < -0.39 is 0 Å². The third kappa shape index (κ3) is 3.46. The fraction of sp³-hybridized carbons (Fsp3) is 0.250.